The predicted octanol–water partition coefficient (Wildman–Crippen LogP) is 5.87. The van der Waals surface area contributed by atoms with Gasteiger partial charge in [-0.2, -0.15) is 0 Å². The van der Waals surface area contributed by atoms with Gasteiger partial charge in [-0.3, -0.25) is 9.78 Å². The molecular weight excluding hydrogens is 505 g/mol. The largest absolute Gasteiger partial charge is 0.382 e. The molecule has 0 radical (unpaired) electrons. The lowest BCUT2D eigenvalue weighted by Gasteiger charge is -2.14. The van der Waals surface area contributed by atoms with Gasteiger partial charge in [-0.1, -0.05) is 34.1 Å². The van der Waals surface area contributed by atoms with Gasteiger partial charge >= 0.3 is 0 Å². The van der Waals surface area contributed by atoms with E-state index in [0.717, 1.165) is 22.0 Å². The average molecular weight is 522 g/mol. The third-order valence-electron chi connectivity index (χ3n) is 5.47. The van der Waals surface area contributed by atoms with Crippen LogP contribution in [-0.4, -0.2) is 20.9 Å². The first kappa shape index (κ1) is 21.4. The molecule has 5 aromatic rings. The molecule has 3 aromatic heterocycles. The molecule has 5 rings (SSSR count). The fourth-order valence-electron chi connectivity index (χ4n) is 3.79. The van der Waals surface area contributed by atoms with E-state index in [-0.39, 0.29) is 11.7 Å². The summed E-state index contributed by atoms with van der Waals surface area (Å²) in [6.45, 7) is 1.93. The maximum Gasteiger partial charge on any atom is 0.258 e. The standard InChI is InChI=1S/C24H17BrFN5OS/c1-12-2-5-15-16(6-7-28-19(15)8-13-3-4-14(25)9-18(13)26)20(12)31-24(32)17-10-33-22-21(17)29-11-30-23(22)27/h2-7,9-11H,8H2,1H3,(H,31,32)(H2,27,29,30). The third-order valence-corrected chi connectivity index (χ3v) is 6.96. The Morgan fingerprint density at radius 2 is 2.00 bits per heavy atom. The summed E-state index contributed by atoms with van der Waals surface area (Å²) < 4.78 is 15.8. The average Bonchev–Trinajstić information content (AvgIpc) is 3.23. The van der Waals surface area contributed by atoms with Crippen molar-refractivity contribution in [2.45, 2.75) is 13.3 Å². The van der Waals surface area contributed by atoms with E-state index in [1.807, 2.05) is 25.1 Å². The van der Waals surface area contributed by atoms with Crippen molar-refractivity contribution < 1.29 is 9.18 Å². The zero-order valence-electron chi connectivity index (χ0n) is 17.4. The molecule has 6 nitrogen and oxygen atoms in total. The van der Waals surface area contributed by atoms with Crippen LogP contribution in [0.2, 0.25) is 0 Å². The maximum atomic E-state index is 14.4. The molecule has 0 aliphatic carbocycles. The number of pyridine rings is 1. The fourth-order valence-corrected chi connectivity index (χ4v) is 5.02. The molecule has 2 aromatic carbocycles. The molecule has 0 aliphatic heterocycles. The highest BCUT2D eigenvalue weighted by molar-refractivity contribution is 9.10. The van der Waals surface area contributed by atoms with Crippen LogP contribution in [0.5, 0.6) is 0 Å². The smallest absolute Gasteiger partial charge is 0.258 e. The van der Waals surface area contributed by atoms with Crippen LogP contribution in [0.1, 0.15) is 27.2 Å². The summed E-state index contributed by atoms with van der Waals surface area (Å²) in [5.41, 5.74) is 9.73. The number of aryl methyl sites for hydroxylation is 1. The van der Waals surface area contributed by atoms with Gasteiger partial charge in [0.1, 0.15) is 18.0 Å². The van der Waals surface area contributed by atoms with Crippen molar-refractivity contribution in [1.82, 2.24) is 15.0 Å². The molecule has 3 N–H and O–H groups in total. The van der Waals surface area contributed by atoms with Crippen LogP contribution in [0.15, 0.2) is 58.8 Å². The molecule has 0 saturated heterocycles. The fraction of sp³-hybridized carbons (Fsp3) is 0.0833. The molecule has 33 heavy (non-hydrogen) atoms. The van der Waals surface area contributed by atoms with Crippen molar-refractivity contribution >= 4 is 65.7 Å². The topological polar surface area (TPSA) is 93.8 Å². The summed E-state index contributed by atoms with van der Waals surface area (Å²) in [5, 5.41) is 6.45. The van der Waals surface area contributed by atoms with E-state index in [1.165, 1.54) is 23.7 Å². The first-order valence-electron chi connectivity index (χ1n) is 10.0. The number of nitrogen functional groups attached to an aromatic ring is 1. The van der Waals surface area contributed by atoms with Gasteiger partial charge in [0.2, 0.25) is 0 Å². The Labute approximate surface area is 200 Å². The van der Waals surface area contributed by atoms with Gasteiger partial charge in [-0.15, -0.1) is 11.3 Å². The van der Waals surface area contributed by atoms with Crippen LogP contribution < -0.4 is 11.1 Å². The monoisotopic (exact) mass is 521 g/mol. The maximum absolute atomic E-state index is 14.4. The Hall–Kier alpha value is -3.43. The molecule has 164 valence electrons. The second kappa shape index (κ2) is 8.49. The number of thiophene rings is 1. The lowest BCUT2D eigenvalue weighted by atomic mass is 10.00. The van der Waals surface area contributed by atoms with E-state index >= 15 is 0 Å². The lowest BCUT2D eigenvalue weighted by Crippen LogP contribution is -2.13. The van der Waals surface area contributed by atoms with Crippen molar-refractivity contribution in [3.63, 3.8) is 0 Å². The van der Waals surface area contributed by atoms with Gasteiger partial charge in [0.05, 0.1) is 27.2 Å². The molecular formula is C24H17BrFN5OS. The van der Waals surface area contributed by atoms with E-state index in [1.54, 1.807) is 23.7 Å². The Morgan fingerprint density at radius 1 is 1.15 bits per heavy atom. The number of fused-ring (bicyclic) bond motifs is 2. The number of amides is 1. The molecule has 0 saturated carbocycles. The minimum atomic E-state index is -0.297. The molecule has 0 fully saturated rings. The summed E-state index contributed by atoms with van der Waals surface area (Å²) in [7, 11) is 0. The molecule has 3 heterocycles. The van der Waals surface area contributed by atoms with E-state index < -0.39 is 0 Å². The van der Waals surface area contributed by atoms with Gasteiger partial charge in [0, 0.05) is 33.2 Å². The number of nitrogens with zero attached hydrogens (tertiary/aromatic N) is 3. The van der Waals surface area contributed by atoms with E-state index in [4.69, 9.17) is 5.73 Å². The summed E-state index contributed by atoms with van der Waals surface area (Å²) in [6.07, 6.45) is 3.36. The van der Waals surface area contributed by atoms with Crippen molar-refractivity contribution in [3.8, 4) is 0 Å². The first-order valence-corrected chi connectivity index (χ1v) is 11.7. The Morgan fingerprint density at radius 3 is 2.82 bits per heavy atom. The quantitative estimate of drug-likeness (QED) is 0.308. The molecule has 0 aliphatic rings. The van der Waals surface area contributed by atoms with E-state index in [2.05, 4.69) is 36.2 Å². The number of benzene rings is 2. The highest BCUT2D eigenvalue weighted by Gasteiger charge is 2.18. The van der Waals surface area contributed by atoms with Gasteiger partial charge in [0.25, 0.3) is 5.91 Å². The number of nitrogens with one attached hydrogen (secondary N) is 1. The highest BCUT2D eigenvalue weighted by Crippen LogP contribution is 2.32. The van der Waals surface area contributed by atoms with Crippen molar-refractivity contribution in [2.75, 3.05) is 11.1 Å². The van der Waals surface area contributed by atoms with Gasteiger partial charge < -0.3 is 11.1 Å². The normalized spacial score (nSPS) is 11.2. The number of halogens is 2. The zero-order chi connectivity index (χ0) is 23.1. The van der Waals surface area contributed by atoms with Crippen LogP contribution in [0, 0.1) is 12.7 Å². The number of hydrogen-bond acceptors (Lipinski definition) is 6. The van der Waals surface area contributed by atoms with Crippen LogP contribution >= 0.6 is 27.3 Å². The van der Waals surface area contributed by atoms with Crippen molar-refractivity contribution in [3.05, 3.63) is 87.0 Å². The number of carbonyl (C=O) groups excluding carboxylic acids is 1. The number of aromatic nitrogens is 3. The minimum Gasteiger partial charge on any atom is -0.382 e. The number of carbonyl (C=O) groups is 1. The second-order valence-electron chi connectivity index (χ2n) is 7.56. The summed E-state index contributed by atoms with van der Waals surface area (Å²) in [5.74, 6) is -0.233. The van der Waals surface area contributed by atoms with Crippen LogP contribution in [0.3, 0.4) is 0 Å². The Kier molecular flexibility index (Phi) is 5.51. The van der Waals surface area contributed by atoms with Crippen molar-refractivity contribution in [2.24, 2.45) is 0 Å². The molecule has 9 heteroatoms. The van der Waals surface area contributed by atoms with Gasteiger partial charge in [-0.05, 0) is 36.2 Å². The summed E-state index contributed by atoms with van der Waals surface area (Å²) >= 11 is 4.62. The minimum absolute atomic E-state index is 0.285. The molecule has 0 unspecified atom stereocenters. The van der Waals surface area contributed by atoms with E-state index in [0.29, 0.717) is 43.7 Å². The first-order chi connectivity index (χ1) is 15.9. The third kappa shape index (κ3) is 3.94. The number of hydrogen-bond donors (Lipinski definition) is 2. The zero-order valence-corrected chi connectivity index (χ0v) is 19.8. The van der Waals surface area contributed by atoms with Gasteiger partial charge in [-0.25, -0.2) is 14.4 Å². The predicted molar refractivity (Wildman–Crippen MR) is 133 cm³/mol. The molecule has 0 atom stereocenters. The Balaban J connectivity index is 1.54. The molecule has 0 spiro atoms. The Bertz CT molecular complexity index is 1550. The molecule has 1 amide bonds. The number of rotatable bonds is 4. The second-order valence-corrected chi connectivity index (χ2v) is 9.36. The van der Waals surface area contributed by atoms with Crippen molar-refractivity contribution in [1.29, 1.82) is 0 Å². The van der Waals surface area contributed by atoms with Crippen LogP contribution in [0.4, 0.5) is 15.9 Å². The lowest BCUT2D eigenvalue weighted by molar-refractivity contribution is 0.102. The summed E-state index contributed by atoms with van der Waals surface area (Å²) in [4.78, 5) is 25.9. The number of nitrogens with two attached hydrogens (primary N) is 1. The van der Waals surface area contributed by atoms with E-state index in [9.17, 15) is 9.18 Å². The van der Waals surface area contributed by atoms with Gasteiger partial charge in [0.15, 0.2) is 0 Å². The van der Waals surface area contributed by atoms with Crippen LogP contribution in [-0.2, 0) is 6.42 Å². The number of anilines is 2. The summed E-state index contributed by atoms with van der Waals surface area (Å²) in [6, 6.07) is 10.7. The van der Waals surface area contributed by atoms with Crippen LogP contribution in [0.25, 0.3) is 21.0 Å². The molecule has 0 bridgehead atoms. The highest BCUT2D eigenvalue weighted by atomic mass is 79.9. The SMILES string of the molecule is Cc1ccc2c(Cc3ccc(Br)cc3F)nccc2c1NC(=O)c1csc2c(N)ncnc12.